The number of rotatable bonds is 3. The molecule has 1 fully saturated rings. The van der Waals surface area contributed by atoms with Gasteiger partial charge in [0.1, 0.15) is 18.2 Å². The molecular formula is C23H32N4O6S3. The van der Waals surface area contributed by atoms with Crippen LogP contribution in [0.3, 0.4) is 0 Å². The van der Waals surface area contributed by atoms with Gasteiger partial charge in [-0.1, -0.05) is 41.5 Å². The molecule has 1 aromatic heterocycles. The number of aliphatic hydroxyl groups excluding tert-OH is 1. The first kappa shape index (κ1) is 28.5. The number of thiazole rings is 1. The third-order valence-electron chi connectivity index (χ3n) is 5.70. The van der Waals surface area contributed by atoms with Crippen LogP contribution in [-0.4, -0.2) is 75.6 Å². The van der Waals surface area contributed by atoms with Crippen molar-refractivity contribution >= 4 is 56.6 Å². The van der Waals surface area contributed by atoms with Crippen LogP contribution in [0.1, 0.15) is 38.8 Å². The van der Waals surface area contributed by atoms with E-state index in [0.29, 0.717) is 12.1 Å². The van der Waals surface area contributed by atoms with Crippen LogP contribution in [0.4, 0.5) is 0 Å². The number of hydrogen-bond donors (Lipinski definition) is 4. The second-order valence-electron chi connectivity index (χ2n) is 8.97. The minimum Gasteiger partial charge on any atom is -0.457 e. The van der Waals surface area contributed by atoms with Crippen molar-refractivity contribution in [3.05, 3.63) is 28.7 Å². The molecule has 0 aliphatic carbocycles. The smallest absolute Gasteiger partial charge is 0.309 e. The summed E-state index contributed by atoms with van der Waals surface area (Å²) in [6.07, 6.45) is 1.73. The monoisotopic (exact) mass is 556 g/mol. The van der Waals surface area contributed by atoms with E-state index in [-0.39, 0.29) is 30.9 Å². The van der Waals surface area contributed by atoms with Crippen molar-refractivity contribution in [1.29, 1.82) is 0 Å². The van der Waals surface area contributed by atoms with Crippen molar-refractivity contribution < 1.29 is 29.0 Å². The summed E-state index contributed by atoms with van der Waals surface area (Å²) in [5.74, 6) is -1.32. The first-order valence-corrected chi connectivity index (χ1v) is 15.2. The van der Waals surface area contributed by atoms with Crippen LogP contribution < -0.4 is 16.0 Å². The molecule has 2 aliphatic rings. The fourth-order valence-electron chi connectivity index (χ4n) is 3.82. The van der Waals surface area contributed by atoms with E-state index in [9.17, 15) is 24.3 Å². The SMILES string of the molecule is CC(C)[C@H]1NC(=O)[C@H]2CSSCC/C=C/[C@H](CC(=O)N[C@H](Cc3cscn3)C(=O)N2)OC(=O)C[C@@H]1O. The van der Waals surface area contributed by atoms with E-state index in [1.165, 1.54) is 22.1 Å². The number of carbonyl (C=O) groups is 4. The van der Waals surface area contributed by atoms with Gasteiger partial charge >= 0.3 is 5.97 Å². The van der Waals surface area contributed by atoms with Crippen LogP contribution in [0.25, 0.3) is 0 Å². The van der Waals surface area contributed by atoms with Crippen molar-refractivity contribution in [2.45, 2.75) is 69.9 Å². The van der Waals surface area contributed by atoms with Gasteiger partial charge in [-0.25, -0.2) is 4.98 Å². The molecule has 0 unspecified atom stereocenters. The minimum absolute atomic E-state index is 0.144. The zero-order chi connectivity index (χ0) is 26.1. The maximum atomic E-state index is 13.3. The Morgan fingerprint density at radius 2 is 1.92 bits per heavy atom. The molecule has 0 saturated carbocycles. The second kappa shape index (κ2) is 14.0. The summed E-state index contributed by atoms with van der Waals surface area (Å²) in [7, 11) is 3.01. The van der Waals surface area contributed by atoms with Crippen LogP contribution >= 0.6 is 32.9 Å². The number of aliphatic hydroxyl groups is 1. The lowest BCUT2D eigenvalue weighted by Crippen LogP contribution is -2.58. The van der Waals surface area contributed by atoms with Crippen LogP contribution in [0.2, 0.25) is 0 Å². The molecule has 1 saturated heterocycles. The molecule has 2 bridgehead atoms. The molecule has 1 aromatic rings. The molecule has 2 aliphatic heterocycles. The summed E-state index contributed by atoms with van der Waals surface area (Å²) in [4.78, 5) is 56.4. The Kier molecular flexibility index (Phi) is 11.1. The van der Waals surface area contributed by atoms with Gasteiger partial charge in [-0.3, -0.25) is 19.2 Å². The highest BCUT2D eigenvalue weighted by Crippen LogP contribution is 2.24. The summed E-state index contributed by atoms with van der Waals surface area (Å²) < 4.78 is 5.52. The van der Waals surface area contributed by atoms with Gasteiger partial charge in [0, 0.05) is 23.3 Å². The van der Waals surface area contributed by atoms with Crippen molar-refractivity contribution in [3.8, 4) is 0 Å². The van der Waals surface area contributed by atoms with E-state index in [0.717, 1.165) is 5.75 Å². The second-order valence-corrected chi connectivity index (χ2v) is 12.3. The van der Waals surface area contributed by atoms with Gasteiger partial charge in [0.2, 0.25) is 17.7 Å². The maximum Gasteiger partial charge on any atom is 0.309 e. The Hall–Kier alpha value is -2.09. The Bertz CT molecular complexity index is 942. The van der Waals surface area contributed by atoms with Crippen molar-refractivity contribution in [2.75, 3.05) is 11.5 Å². The van der Waals surface area contributed by atoms with Gasteiger partial charge < -0.3 is 25.8 Å². The molecular weight excluding hydrogens is 524 g/mol. The van der Waals surface area contributed by atoms with Crippen LogP contribution in [0.5, 0.6) is 0 Å². The van der Waals surface area contributed by atoms with E-state index < -0.39 is 54.0 Å². The van der Waals surface area contributed by atoms with E-state index in [1.54, 1.807) is 27.8 Å². The highest BCUT2D eigenvalue weighted by atomic mass is 33.1. The van der Waals surface area contributed by atoms with Gasteiger partial charge in [-0.15, -0.1) is 11.3 Å². The van der Waals surface area contributed by atoms with Crippen molar-refractivity contribution in [3.63, 3.8) is 0 Å². The average molecular weight is 557 g/mol. The minimum atomic E-state index is -1.20. The topological polar surface area (TPSA) is 147 Å². The lowest BCUT2D eigenvalue weighted by Gasteiger charge is -2.29. The molecule has 4 N–H and O–H groups in total. The van der Waals surface area contributed by atoms with E-state index in [4.69, 9.17) is 4.74 Å². The van der Waals surface area contributed by atoms with Gasteiger partial charge in [0.25, 0.3) is 0 Å². The fourth-order valence-corrected chi connectivity index (χ4v) is 6.55. The third-order valence-corrected chi connectivity index (χ3v) is 8.79. The van der Waals surface area contributed by atoms with Gasteiger partial charge in [-0.2, -0.15) is 0 Å². The predicted octanol–water partition coefficient (Wildman–Crippen LogP) is 1.20. The number of carbonyl (C=O) groups excluding carboxylic acids is 4. The number of amides is 3. The molecule has 0 spiro atoms. The molecule has 0 aromatic carbocycles. The van der Waals surface area contributed by atoms with Gasteiger partial charge in [0.05, 0.1) is 36.2 Å². The van der Waals surface area contributed by atoms with Crippen molar-refractivity contribution in [2.24, 2.45) is 5.92 Å². The number of nitrogens with one attached hydrogen (secondary N) is 3. The maximum absolute atomic E-state index is 13.3. The van der Waals surface area contributed by atoms with E-state index in [1.807, 2.05) is 19.9 Å². The summed E-state index contributed by atoms with van der Waals surface area (Å²) >= 11 is 1.37. The van der Waals surface area contributed by atoms with Gasteiger partial charge in [0.15, 0.2) is 0 Å². The number of hydrogen-bond acceptors (Lipinski definition) is 10. The van der Waals surface area contributed by atoms with Crippen LogP contribution in [0, 0.1) is 5.92 Å². The summed E-state index contributed by atoms with van der Waals surface area (Å²) in [5.41, 5.74) is 2.27. The highest BCUT2D eigenvalue weighted by Gasteiger charge is 2.33. The number of fused-ring (bicyclic) bond motifs is 7. The quantitative estimate of drug-likeness (QED) is 0.245. The first-order chi connectivity index (χ1) is 17.2. The lowest BCUT2D eigenvalue weighted by atomic mass is 9.96. The number of aromatic nitrogens is 1. The lowest BCUT2D eigenvalue weighted by molar-refractivity contribution is -0.151. The summed E-state index contributed by atoms with van der Waals surface area (Å²) in [6.45, 7) is 3.64. The zero-order valence-electron chi connectivity index (χ0n) is 20.2. The predicted molar refractivity (Wildman–Crippen MR) is 140 cm³/mol. The largest absolute Gasteiger partial charge is 0.457 e. The molecule has 3 amide bonds. The molecule has 13 heteroatoms. The normalized spacial score (nSPS) is 30.2. The molecule has 36 heavy (non-hydrogen) atoms. The Labute approximate surface area is 222 Å². The summed E-state index contributed by atoms with van der Waals surface area (Å²) in [6, 6.07) is -2.63. The average Bonchev–Trinajstić information content (AvgIpc) is 3.31. The van der Waals surface area contributed by atoms with E-state index >= 15 is 0 Å². The molecule has 3 heterocycles. The van der Waals surface area contributed by atoms with Crippen molar-refractivity contribution in [1.82, 2.24) is 20.9 Å². The number of nitrogens with zero attached hydrogens (tertiary/aromatic N) is 1. The van der Waals surface area contributed by atoms with Crippen LogP contribution in [-0.2, 0) is 30.3 Å². The zero-order valence-corrected chi connectivity index (χ0v) is 22.6. The molecule has 10 nitrogen and oxygen atoms in total. The number of ether oxygens (including phenoxy) is 1. The standard InChI is InChI=1S/C23H32N4O6S3/c1-13(2)21-18(28)9-20(30)33-15-5-3-4-6-35-36-11-17(23(32)27-21)26-22(31)16(25-19(29)8-15)7-14-10-34-12-24-14/h3,5,10,12-13,15-18,21,28H,4,6-9,11H2,1-2H3,(H,25,29)(H,26,31)(H,27,32)/b5-3+/t15-,16-,17-,18+,21-/m1/s1. The molecule has 5 atom stereocenters. The number of allylic oxidation sites excluding steroid dienone is 1. The Balaban J connectivity index is 1.98. The van der Waals surface area contributed by atoms with Crippen LogP contribution in [0.15, 0.2) is 23.0 Å². The Morgan fingerprint density at radius 1 is 1.11 bits per heavy atom. The molecule has 3 rings (SSSR count). The van der Waals surface area contributed by atoms with Gasteiger partial charge in [-0.05, 0) is 18.4 Å². The highest BCUT2D eigenvalue weighted by molar-refractivity contribution is 8.76. The number of esters is 1. The first-order valence-electron chi connectivity index (χ1n) is 11.8. The fraction of sp³-hybridized carbons (Fsp3) is 0.609. The molecule has 0 radical (unpaired) electrons. The van der Waals surface area contributed by atoms with E-state index in [2.05, 4.69) is 20.9 Å². The third kappa shape index (κ3) is 8.79. The Morgan fingerprint density at radius 3 is 2.64 bits per heavy atom. The molecule has 198 valence electrons. The summed E-state index contributed by atoms with van der Waals surface area (Å²) in [5, 5.41) is 20.9.